The molecule has 102 valence electrons. The van der Waals surface area contributed by atoms with Crippen molar-refractivity contribution in [1.82, 2.24) is 15.1 Å². The summed E-state index contributed by atoms with van der Waals surface area (Å²) in [6.45, 7) is 5.27. The summed E-state index contributed by atoms with van der Waals surface area (Å²) in [4.78, 5) is 0. The maximum Gasteiger partial charge on any atom is 0.0748 e. The molecule has 1 aromatic heterocycles. The predicted octanol–water partition coefficient (Wildman–Crippen LogP) is 3.67. The summed E-state index contributed by atoms with van der Waals surface area (Å²) in [6, 6.07) is 8.67. The molecule has 1 atom stereocenters. The lowest BCUT2D eigenvalue weighted by atomic mass is 9.99. The van der Waals surface area contributed by atoms with Gasteiger partial charge < -0.3 is 5.32 Å². The van der Waals surface area contributed by atoms with Gasteiger partial charge in [-0.05, 0) is 49.7 Å². The fraction of sp³-hybridized carbons (Fsp3) is 0.400. The van der Waals surface area contributed by atoms with Crippen molar-refractivity contribution in [1.29, 1.82) is 0 Å². The van der Waals surface area contributed by atoms with Gasteiger partial charge in [-0.2, -0.15) is 5.10 Å². The smallest absolute Gasteiger partial charge is 0.0748 e. The van der Waals surface area contributed by atoms with Gasteiger partial charge in [0.2, 0.25) is 0 Å². The number of rotatable bonds is 5. The van der Waals surface area contributed by atoms with E-state index in [4.69, 9.17) is 0 Å². The summed E-state index contributed by atoms with van der Waals surface area (Å²) in [5.41, 5.74) is 3.78. The molecule has 3 nitrogen and oxygen atoms in total. The maximum absolute atomic E-state index is 4.42. The Morgan fingerprint density at radius 1 is 1.37 bits per heavy atom. The molecule has 2 aromatic rings. The van der Waals surface area contributed by atoms with E-state index in [2.05, 4.69) is 69.1 Å². The molecule has 1 unspecified atom stereocenters. The van der Waals surface area contributed by atoms with Crippen molar-refractivity contribution in [3.63, 3.8) is 0 Å². The maximum atomic E-state index is 4.42. The second-order valence-electron chi connectivity index (χ2n) is 4.70. The molecule has 1 aromatic carbocycles. The first kappa shape index (κ1) is 14.3. The predicted molar refractivity (Wildman–Crippen MR) is 82.3 cm³/mol. The van der Waals surface area contributed by atoms with Crippen LogP contribution in [0.3, 0.4) is 0 Å². The van der Waals surface area contributed by atoms with Crippen molar-refractivity contribution in [2.24, 2.45) is 0 Å². The van der Waals surface area contributed by atoms with Gasteiger partial charge in [-0.25, -0.2) is 0 Å². The minimum Gasteiger partial charge on any atom is -0.308 e. The molecule has 0 aliphatic rings. The highest BCUT2D eigenvalue weighted by atomic mass is 79.9. The van der Waals surface area contributed by atoms with Crippen molar-refractivity contribution in [3.05, 3.63) is 51.8 Å². The molecule has 4 heteroatoms. The molecule has 0 aliphatic carbocycles. The van der Waals surface area contributed by atoms with Gasteiger partial charge in [0.1, 0.15) is 0 Å². The van der Waals surface area contributed by atoms with Crippen molar-refractivity contribution in [3.8, 4) is 0 Å². The number of hydrogen-bond acceptors (Lipinski definition) is 2. The summed E-state index contributed by atoms with van der Waals surface area (Å²) in [5, 5.41) is 7.82. The van der Waals surface area contributed by atoms with Crippen LogP contribution in [0.1, 0.15) is 36.2 Å². The highest BCUT2D eigenvalue weighted by Crippen LogP contribution is 2.27. The topological polar surface area (TPSA) is 29.9 Å². The van der Waals surface area contributed by atoms with Gasteiger partial charge in [0.25, 0.3) is 0 Å². The van der Waals surface area contributed by atoms with Crippen molar-refractivity contribution in [2.45, 2.75) is 32.9 Å². The molecule has 0 amide bonds. The van der Waals surface area contributed by atoms with Crippen LogP contribution in [0.25, 0.3) is 0 Å². The first-order valence-corrected chi connectivity index (χ1v) is 7.41. The average molecular weight is 322 g/mol. The Morgan fingerprint density at radius 3 is 2.84 bits per heavy atom. The Kier molecular flexibility index (Phi) is 4.77. The van der Waals surface area contributed by atoms with Crippen LogP contribution in [0.15, 0.2) is 34.9 Å². The van der Waals surface area contributed by atoms with E-state index in [1.165, 1.54) is 16.8 Å². The van der Waals surface area contributed by atoms with E-state index >= 15 is 0 Å². The number of aromatic nitrogens is 2. The summed E-state index contributed by atoms with van der Waals surface area (Å²) in [6.07, 6.45) is 2.96. The molecule has 1 heterocycles. The lowest BCUT2D eigenvalue weighted by Gasteiger charge is -2.20. The minimum absolute atomic E-state index is 0.173. The van der Waals surface area contributed by atoms with Crippen LogP contribution in [0.5, 0.6) is 0 Å². The normalized spacial score (nSPS) is 12.6. The van der Waals surface area contributed by atoms with Gasteiger partial charge in [-0.15, -0.1) is 0 Å². The fourth-order valence-corrected chi connectivity index (χ4v) is 2.75. The van der Waals surface area contributed by atoms with Crippen LogP contribution in [0.2, 0.25) is 0 Å². The third-order valence-corrected chi connectivity index (χ3v) is 3.81. The van der Waals surface area contributed by atoms with E-state index in [0.717, 1.165) is 17.4 Å². The largest absolute Gasteiger partial charge is 0.308 e. The third-order valence-electron chi connectivity index (χ3n) is 3.32. The second-order valence-corrected chi connectivity index (χ2v) is 5.62. The van der Waals surface area contributed by atoms with E-state index < -0.39 is 0 Å². The number of hydrogen-bond donors (Lipinski definition) is 1. The molecule has 1 N–H and O–H groups in total. The zero-order valence-corrected chi connectivity index (χ0v) is 13.2. The molecule has 2 rings (SSSR count). The van der Waals surface area contributed by atoms with Crippen molar-refractivity contribution >= 4 is 15.9 Å². The zero-order chi connectivity index (χ0) is 13.8. The van der Waals surface area contributed by atoms with Crippen LogP contribution in [0, 0.1) is 6.92 Å². The van der Waals surface area contributed by atoms with E-state index in [9.17, 15) is 0 Å². The highest BCUT2D eigenvalue weighted by Gasteiger charge is 2.18. The second kappa shape index (κ2) is 6.35. The lowest BCUT2D eigenvalue weighted by molar-refractivity contribution is 0.533. The van der Waals surface area contributed by atoms with Crippen molar-refractivity contribution in [2.75, 3.05) is 7.05 Å². The summed E-state index contributed by atoms with van der Waals surface area (Å²) >= 11 is 3.56. The quantitative estimate of drug-likeness (QED) is 0.910. The van der Waals surface area contributed by atoms with Crippen molar-refractivity contribution < 1.29 is 0 Å². The molecule has 0 saturated heterocycles. The summed E-state index contributed by atoms with van der Waals surface area (Å²) < 4.78 is 3.19. The zero-order valence-electron chi connectivity index (χ0n) is 11.7. The van der Waals surface area contributed by atoms with Gasteiger partial charge in [-0.3, -0.25) is 4.68 Å². The summed E-state index contributed by atoms with van der Waals surface area (Å²) in [7, 11) is 1.99. The van der Waals surface area contributed by atoms with Gasteiger partial charge in [0, 0.05) is 17.2 Å². The number of nitrogens with one attached hydrogen (secondary N) is 1. The molecule has 0 fully saturated rings. The monoisotopic (exact) mass is 321 g/mol. The highest BCUT2D eigenvalue weighted by molar-refractivity contribution is 9.10. The van der Waals surface area contributed by atoms with E-state index in [1.54, 1.807) is 0 Å². The van der Waals surface area contributed by atoms with E-state index in [-0.39, 0.29) is 6.04 Å². The molecule has 0 saturated carbocycles. The first-order chi connectivity index (χ1) is 9.17. The fourth-order valence-electron chi connectivity index (χ4n) is 2.37. The number of nitrogens with zero attached hydrogens (tertiary/aromatic N) is 2. The minimum atomic E-state index is 0.173. The molecule has 0 spiro atoms. The number of halogens is 1. The van der Waals surface area contributed by atoms with Crippen LogP contribution in [0.4, 0.5) is 0 Å². The standard InChI is InChI=1S/C15H20BrN3/c1-4-9-19-14(7-8-18-19)15(17-3)13-10-12(16)6-5-11(13)2/h5-8,10,15,17H,4,9H2,1-3H3. The van der Waals surface area contributed by atoms with Crippen LogP contribution >= 0.6 is 15.9 Å². The van der Waals surface area contributed by atoms with Gasteiger partial charge in [-0.1, -0.05) is 28.9 Å². The van der Waals surface area contributed by atoms with Crippen LogP contribution in [-0.4, -0.2) is 16.8 Å². The van der Waals surface area contributed by atoms with E-state index in [1.807, 2.05) is 13.2 Å². The van der Waals surface area contributed by atoms with Gasteiger partial charge in [0.15, 0.2) is 0 Å². The Hall–Kier alpha value is -1.13. The Labute approximate surface area is 123 Å². The van der Waals surface area contributed by atoms with Crippen LogP contribution < -0.4 is 5.32 Å². The van der Waals surface area contributed by atoms with Crippen LogP contribution in [-0.2, 0) is 6.54 Å². The Bertz CT molecular complexity index is 548. The third kappa shape index (κ3) is 3.07. The number of aryl methyl sites for hydroxylation is 2. The van der Waals surface area contributed by atoms with Gasteiger partial charge >= 0.3 is 0 Å². The SMILES string of the molecule is CCCn1nccc1C(NC)c1cc(Br)ccc1C. The number of benzene rings is 1. The first-order valence-electron chi connectivity index (χ1n) is 6.62. The molecular formula is C15H20BrN3. The Balaban J connectivity index is 2.44. The van der Waals surface area contributed by atoms with E-state index in [0.29, 0.717) is 0 Å². The summed E-state index contributed by atoms with van der Waals surface area (Å²) in [5.74, 6) is 0. The average Bonchev–Trinajstić information content (AvgIpc) is 2.83. The van der Waals surface area contributed by atoms with Gasteiger partial charge in [0.05, 0.1) is 11.7 Å². The molecule has 0 bridgehead atoms. The Morgan fingerprint density at radius 2 is 2.16 bits per heavy atom. The lowest BCUT2D eigenvalue weighted by Crippen LogP contribution is -2.22. The molecule has 0 aliphatic heterocycles. The molecule has 19 heavy (non-hydrogen) atoms. The molecular weight excluding hydrogens is 302 g/mol. The molecule has 0 radical (unpaired) electrons.